The van der Waals surface area contributed by atoms with E-state index in [9.17, 15) is 0 Å². The number of nitrogens with zero attached hydrogens (tertiary/aromatic N) is 1. The van der Waals surface area contributed by atoms with E-state index in [1.54, 1.807) is 0 Å². The highest BCUT2D eigenvalue weighted by molar-refractivity contribution is 6.22. The normalized spacial score (nSPS) is 11.5. The quantitative estimate of drug-likeness (QED) is 0.150. The van der Waals surface area contributed by atoms with Gasteiger partial charge in [0.25, 0.3) is 0 Å². The average Bonchev–Trinajstić information content (AvgIpc) is 3.74. The van der Waals surface area contributed by atoms with Crippen molar-refractivity contribution in [2.45, 2.75) is 0 Å². The van der Waals surface area contributed by atoms with Crippen LogP contribution in [0.5, 0.6) is 0 Å². The Morgan fingerprint density at radius 2 is 0.823 bits per heavy atom. The van der Waals surface area contributed by atoms with Gasteiger partial charge in [0.05, 0.1) is 11.1 Å². The molecule has 0 amide bonds. The Morgan fingerprint density at radius 1 is 0.274 bits per heavy atom. The van der Waals surface area contributed by atoms with Crippen molar-refractivity contribution < 1.29 is 4.42 Å². The summed E-state index contributed by atoms with van der Waals surface area (Å²) in [6.45, 7) is 0. The predicted molar refractivity (Wildman–Crippen MR) is 263 cm³/mol. The fraction of sp³-hybridized carbons (Fsp3) is 0. The number of para-hydroxylation sites is 1. The lowest BCUT2D eigenvalue weighted by Gasteiger charge is -2.27. The van der Waals surface area contributed by atoms with E-state index >= 15 is 0 Å². The summed E-state index contributed by atoms with van der Waals surface area (Å²) in [6, 6.07) is 85.5. The fourth-order valence-corrected chi connectivity index (χ4v) is 9.55. The third-order valence-corrected chi connectivity index (χ3v) is 12.4. The van der Waals surface area contributed by atoms with E-state index in [0.717, 1.165) is 50.1 Å². The van der Waals surface area contributed by atoms with Crippen molar-refractivity contribution in [2.24, 2.45) is 0 Å². The maximum Gasteiger partial charge on any atom is 0.137 e. The highest BCUT2D eigenvalue weighted by Gasteiger charge is 2.21. The molecule has 0 N–H and O–H groups in total. The summed E-state index contributed by atoms with van der Waals surface area (Å²) in [5.41, 5.74) is 14.5. The lowest BCUT2D eigenvalue weighted by atomic mass is 9.84. The van der Waals surface area contributed by atoms with Crippen molar-refractivity contribution in [1.29, 1.82) is 0 Å². The van der Waals surface area contributed by atoms with E-state index in [0.29, 0.717) is 0 Å². The van der Waals surface area contributed by atoms with Crippen molar-refractivity contribution >= 4 is 71.3 Å². The van der Waals surface area contributed by atoms with Crippen LogP contribution in [-0.4, -0.2) is 0 Å². The smallest absolute Gasteiger partial charge is 0.137 e. The molecule has 0 saturated carbocycles. The maximum atomic E-state index is 6.45. The molecule has 12 rings (SSSR count). The van der Waals surface area contributed by atoms with Gasteiger partial charge in [0, 0.05) is 16.8 Å². The van der Waals surface area contributed by atoms with Gasteiger partial charge in [-0.05, 0) is 131 Å². The van der Waals surface area contributed by atoms with Gasteiger partial charge >= 0.3 is 0 Å². The lowest BCUT2D eigenvalue weighted by molar-refractivity contribution is 0.669. The van der Waals surface area contributed by atoms with Gasteiger partial charge in [0.2, 0.25) is 0 Å². The minimum absolute atomic E-state index is 0.863. The van der Waals surface area contributed by atoms with Crippen LogP contribution < -0.4 is 4.90 Å². The monoisotopic (exact) mass is 789 g/mol. The Kier molecular flexibility index (Phi) is 8.53. The van der Waals surface area contributed by atoms with Crippen LogP contribution in [-0.2, 0) is 0 Å². The summed E-state index contributed by atoms with van der Waals surface area (Å²) in [5, 5.41) is 9.63. The van der Waals surface area contributed by atoms with Crippen molar-refractivity contribution in [3.8, 4) is 44.5 Å². The molecule has 0 aliphatic carbocycles. The van der Waals surface area contributed by atoms with Crippen LogP contribution in [0.15, 0.2) is 241 Å². The van der Waals surface area contributed by atoms with Gasteiger partial charge in [-0.15, -0.1) is 0 Å². The summed E-state index contributed by atoms with van der Waals surface area (Å²) in [5.74, 6) is 0. The summed E-state index contributed by atoms with van der Waals surface area (Å²) in [4.78, 5) is 2.38. The van der Waals surface area contributed by atoms with Gasteiger partial charge in [-0.3, -0.25) is 0 Å². The van der Waals surface area contributed by atoms with Gasteiger partial charge in [0.1, 0.15) is 11.2 Å². The third-order valence-electron chi connectivity index (χ3n) is 12.4. The van der Waals surface area contributed by atoms with Gasteiger partial charge in [-0.1, -0.05) is 182 Å². The fourth-order valence-electron chi connectivity index (χ4n) is 9.55. The van der Waals surface area contributed by atoms with Crippen LogP contribution in [0, 0.1) is 0 Å². The molecule has 0 aliphatic rings. The van der Waals surface area contributed by atoms with Crippen LogP contribution in [0.2, 0.25) is 0 Å². The Morgan fingerprint density at radius 3 is 1.61 bits per heavy atom. The van der Waals surface area contributed by atoms with E-state index in [1.807, 2.05) is 6.07 Å². The Hall–Kier alpha value is -8.20. The number of hydrogen-bond acceptors (Lipinski definition) is 2. The van der Waals surface area contributed by atoms with Crippen molar-refractivity contribution in [3.05, 3.63) is 237 Å². The molecule has 0 aliphatic heterocycles. The SMILES string of the molecule is c1ccc(-c2c(-c3ccccc3)c3cc(-c4cccc(N(c5ccc(-c6ccc7ccccc7c6)cc5)c5cccc6oc7ccccc7c56)c4)ccc3c3ccccc23)cc1. The zero-order chi connectivity index (χ0) is 41.0. The molecule has 0 saturated heterocycles. The first-order valence-corrected chi connectivity index (χ1v) is 21.2. The van der Waals surface area contributed by atoms with Crippen molar-refractivity contribution in [3.63, 3.8) is 0 Å². The van der Waals surface area contributed by atoms with Gasteiger partial charge in [0.15, 0.2) is 0 Å². The number of rotatable bonds is 7. The van der Waals surface area contributed by atoms with Crippen LogP contribution in [0.1, 0.15) is 0 Å². The number of benzene rings is 11. The molecule has 2 nitrogen and oxygen atoms in total. The first-order chi connectivity index (χ1) is 30.7. The summed E-state index contributed by atoms with van der Waals surface area (Å²) < 4.78 is 6.45. The van der Waals surface area contributed by atoms with Crippen LogP contribution in [0.3, 0.4) is 0 Å². The molecule has 290 valence electrons. The van der Waals surface area contributed by atoms with Gasteiger partial charge < -0.3 is 9.32 Å². The number of anilines is 3. The predicted octanol–water partition coefficient (Wildman–Crippen LogP) is 17.2. The molecule has 0 bridgehead atoms. The second-order valence-corrected chi connectivity index (χ2v) is 16.0. The molecule has 62 heavy (non-hydrogen) atoms. The summed E-state index contributed by atoms with van der Waals surface area (Å²) >= 11 is 0. The topological polar surface area (TPSA) is 16.4 Å². The largest absolute Gasteiger partial charge is 0.456 e. The molecule has 0 radical (unpaired) electrons. The highest BCUT2D eigenvalue weighted by atomic mass is 16.3. The zero-order valence-electron chi connectivity index (χ0n) is 33.9. The van der Waals surface area contributed by atoms with Crippen molar-refractivity contribution in [2.75, 3.05) is 4.90 Å². The van der Waals surface area contributed by atoms with Crippen molar-refractivity contribution in [1.82, 2.24) is 0 Å². The first-order valence-electron chi connectivity index (χ1n) is 21.2. The molecule has 2 heteroatoms. The third kappa shape index (κ3) is 6.04. The van der Waals surface area contributed by atoms with E-state index in [-0.39, 0.29) is 0 Å². The van der Waals surface area contributed by atoms with E-state index in [1.165, 1.54) is 65.7 Å². The maximum absolute atomic E-state index is 6.45. The second kappa shape index (κ2) is 14.8. The Bertz CT molecular complexity index is 3620. The van der Waals surface area contributed by atoms with Crippen LogP contribution in [0.4, 0.5) is 17.1 Å². The number of furan rings is 1. The Labute approximate surface area is 360 Å². The molecule has 11 aromatic carbocycles. The number of fused-ring (bicyclic) bond motifs is 7. The van der Waals surface area contributed by atoms with E-state index < -0.39 is 0 Å². The number of hydrogen-bond donors (Lipinski definition) is 0. The molecule has 0 atom stereocenters. The van der Waals surface area contributed by atoms with Crippen LogP contribution in [0.25, 0.3) is 98.8 Å². The summed E-state index contributed by atoms with van der Waals surface area (Å²) in [7, 11) is 0. The molecule has 0 spiro atoms. The molecule has 1 aromatic heterocycles. The lowest BCUT2D eigenvalue weighted by Crippen LogP contribution is -2.10. The van der Waals surface area contributed by atoms with E-state index in [4.69, 9.17) is 4.42 Å². The summed E-state index contributed by atoms with van der Waals surface area (Å²) in [6.07, 6.45) is 0. The zero-order valence-corrected chi connectivity index (χ0v) is 33.9. The molecule has 0 unspecified atom stereocenters. The average molecular weight is 790 g/mol. The molecular weight excluding hydrogens is 751 g/mol. The van der Waals surface area contributed by atoms with Gasteiger partial charge in [-0.25, -0.2) is 0 Å². The molecule has 0 fully saturated rings. The molecular formula is C60H39NO. The minimum Gasteiger partial charge on any atom is -0.456 e. The molecule has 12 aromatic rings. The highest BCUT2D eigenvalue weighted by Crippen LogP contribution is 2.47. The molecule has 1 heterocycles. The standard InChI is InChI=1S/C60H39NO/c1-3-16-42(17-4-1)58-52-24-10-9-23-50(52)51-36-33-47(39-54(51)59(58)43-18-5-2-6-19-43)45-21-13-22-49(38-45)61(55-26-14-28-57-60(55)53-25-11-12-27-56(53)62-57)48-34-31-41(32-35-48)46-30-29-40-15-7-8-20-44(40)37-46/h1-39H. The van der Waals surface area contributed by atoms with E-state index in [2.05, 4.69) is 235 Å². The Balaban J connectivity index is 1.05. The first kappa shape index (κ1) is 35.7. The van der Waals surface area contributed by atoms with Gasteiger partial charge in [-0.2, -0.15) is 0 Å². The minimum atomic E-state index is 0.863. The second-order valence-electron chi connectivity index (χ2n) is 16.0. The van der Waals surface area contributed by atoms with Crippen LogP contribution >= 0.6 is 0 Å².